The summed E-state index contributed by atoms with van der Waals surface area (Å²) in [4.78, 5) is 0. The predicted molar refractivity (Wildman–Crippen MR) is 51.7 cm³/mol. The molecule has 0 saturated carbocycles. The van der Waals surface area contributed by atoms with Gasteiger partial charge in [-0.25, -0.2) is 0 Å². The number of dihydropyridines is 1. The highest BCUT2D eigenvalue weighted by Gasteiger charge is 2.13. The summed E-state index contributed by atoms with van der Waals surface area (Å²) in [7, 11) is 0. The summed E-state index contributed by atoms with van der Waals surface area (Å²) in [5.74, 6) is 0. The molecule has 1 heteroatoms. The van der Waals surface area contributed by atoms with E-state index < -0.39 is 0 Å². The van der Waals surface area contributed by atoms with Crippen molar-refractivity contribution in [3.63, 3.8) is 0 Å². The van der Waals surface area contributed by atoms with E-state index in [1.165, 1.54) is 16.7 Å². The van der Waals surface area contributed by atoms with Crippen molar-refractivity contribution in [3.05, 3.63) is 47.2 Å². The maximum absolute atomic E-state index is 3.34. The lowest BCUT2D eigenvalue weighted by Crippen LogP contribution is -2.28. The zero-order valence-corrected chi connectivity index (χ0v) is 7.46. The summed E-state index contributed by atoms with van der Waals surface area (Å²) in [6, 6.07) is 0.402. The number of hydrogen-bond acceptors (Lipinski definition) is 1. The monoisotopic (exact) mass is 159 g/mol. The maximum atomic E-state index is 3.34. The van der Waals surface area contributed by atoms with Gasteiger partial charge in [-0.05, 0) is 25.0 Å². The third-order valence-electron chi connectivity index (χ3n) is 2.21. The van der Waals surface area contributed by atoms with Crippen molar-refractivity contribution in [2.24, 2.45) is 0 Å². The van der Waals surface area contributed by atoms with Gasteiger partial charge in [0.25, 0.3) is 0 Å². The lowest BCUT2D eigenvalue weighted by atomic mass is 9.94. The number of nitrogens with one attached hydrogen (secondary N) is 1. The van der Waals surface area contributed by atoms with Gasteiger partial charge in [0.1, 0.15) is 0 Å². The van der Waals surface area contributed by atoms with Crippen LogP contribution in [0.5, 0.6) is 0 Å². The molecule has 0 spiro atoms. The minimum Gasteiger partial charge on any atom is -0.380 e. The summed E-state index contributed by atoms with van der Waals surface area (Å²) in [5.41, 5.74) is 3.98. The third-order valence-corrected chi connectivity index (χ3v) is 2.21. The smallest absolute Gasteiger partial charge is 0.0698 e. The Morgan fingerprint density at radius 1 is 1.17 bits per heavy atom. The zero-order chi connectivity index (χ0) is 8.55. The standard InChI is InChI=1S/C11H13N/c1-8-3-4-10-5-9(2)7-12-11(10)6-8/h3-7,11-12H,1-2H3. The molecule has 2 rings (SSSR count). The van der Waals surface area contributed by atoms with Crippen LogP contribution < -0.4 is 5.32 Å². The topological polar surface area (TPSA) is 12.0 Å². The van der Waals surface area contributed by atoms with E-state index >= 15 is 0 Å². The molecule has 62 valence electrons. The summed E-state index contributed by atoms with van der Waals surface area (Å²) in [6.07, 6.45) is 10.9. The Hall–Kier alpha value is -1.24. The van der Waals surface area contributed by atoms with E-state index in [2.05, 4.69) is 49.7 Å². The minimum absolute atomic E-state index is 0.402. The highest BCUT2D eigenvalue weighted by atomic mass is 14.9. The van der Waals surface area contributed by atoms with Gasteiger partial charge in [0.05, 0.1) is 6.04 Å². The third kappa shape index (κ3) is 1.22. The van der Waals surface area contributed by atoms with E-state index in [4.69, 9.17) is 0 Å². The largest absolute Gasteiger partial charge is 0.380 e. The molecule has 1 unspecified atom stereocenters. The Morgan fingerprint density at radius 2 is 2.00 bits per heavy atom. The lowest BCUT2D eigenvalue weighted by Gasteiger charge is -2.23. The van der Waals surface area contributed by atoms with Crippen molar-refractivity contribution in [2.45, 2.75) is 19.9 Å². The fraction of sp³-hybridized carbons (Fsp3) is 0.273. The van der Waals surface area contributed by atoms with E-state index in [0.29, 0.717) is 6.04 Å². The van der Waals surface area contributed by atoms with Crippen LogP contribution in [0.3, 0.4) is 0 Å². The van der Waals surface area contributed by atoms with Crippen LogP contribution in [0.15, 0.2) is 47.2 Å². The van der Waals surface area contributed by atoms with Crippen LogP contribution >= 0.6 is 0 Å². The molecule has 0 bridgehead atoms. The minimum atomic E-state index is 0.402. The van der Waals surface area contributed by atoms with Gasteiger partial charge in [0, 0.05) is 6.20 Å². The Morgan fingerprint density at radius 3 is 2.83 bits per heavy atom. The highest BCUT2D eigenvalue weighted by molar-refractivity contribution is 5.45. The second-order valence-corrected chi connectivity index (χ2v) is 3.42. The molecular formula is C11H13N. The van der Waals surface area contributed by atoms with Crippen LogP contribution in [0, 0.1) is 0 Å². The van der Waals surface area contributed by atoms with Gasteiger partial charge in [0.2, 0.25) is 0 Å². The SMILES string of the molecule is CC1=CNC2C=C(C)C=CC2=C1. The van der Waals surface area contributed by atoms with Crippen LogP contribution in [-0.4, -0.2) is 6.04 Å². The van der Waals surface area contributed by atoms with Gasteiger partial charge in [-0.15, -0.1) is 0 Å². The van der Waals surface area contributed by atoms with Crippen molar-refractivity contribution in [1.29, 1.82) is 0 Å². The average Bonchev–Trinajstić information content (AvgIpc) is 2.05. The molecule has 0 saturated heterocycles. The predicted octanol–water partition coefficient (Wildman–Crippen LogP) is 2.30. The molecule has 1 atom stereocenters. The fourth-order valence-electron chi connectivity index (χ4n) is 1.55. The Kier molecular flexibility index (Phi) is 1.65. The van der Waals surface area contributed by atoms with Crippen LogP contribution in [0.1, 0.15) is 13.8 Å². The first-order chi connectivity index (χ1) is 5.75. The molecule has 1 aliphatic carbocycles. The average molecular weight is 159 g/mol. The fourth-order valence-corrected chi connectivity index (χ4v) is 1.55. The second kappa shape index (κ2) is 2.67. The molecule has 0 fully saturated rings. The Balaban J connectivity index is 2.33. The normalized spacial score (nSPS) is 26.5. The summed E-state index contributed by atoms with van der Waals surface area (Å²) in [5, 5.41) is 3.34. The van der Waals surface area contributed by atoms with E-state index in [0.717, 1.165) is 0 Å². The molecule has 1 heterocycles. The quantitative estimate of drug-likeness (QED) is 0.572. The van der Waals surface area contributed by atoms with Gasteiger partial charge >= 0.3 is 0 Å². The molecule has 1 N–H and O–H groups in total. The Labute approximate surface area is 73.2 Å². The molecule has 0 aromatic carbocycles. The molecular weight excluding hydrogens is 146 g/mol. The molecule has 0 aromatic rings. The van der Waals surface area contributed by atoms with Crippen molar-refractivity contribution in [2.75, 3.05) is 0 Å². The van der Waals surface area contributed by atoms with Crippen LogP contribution in [-0.2, 0) is 0 Å². The Bertz CT molecular complexity index is 316. The second-order valence-electron chi connectivity index (χ2n) is 3.42. The molecule has 1 aliphatic heterocycles. The van der Waals surface area contributed by atoms with E-state index in [1.807, 2.05) is 0 Å². The molecule has 12 heavy (non-hydrogen) atoms. The van der Waals surface area contributed by atoms with Crippen LogP contribution in [0.25, 0.3) is 0 Å². The molecule has 0 aromatic heterocycles. The summed E-state index contributed by atoms with van der Waals surface area (Å²) in [6.45, 7) is 4.23. The molecule has 0 amide bonds. The first kappa shape index (κ1) is 7.41. The zero-order valence-electron chi connectivity index (χ0n) is 7.46. The summed E-state index contributed by atoms with van der Waals surface area (Å²) < 4.78 is 0. The van der Waals surface area contributed by atoms with Crippen molar-refractivity contribution in [1.82, 2.24) is 5.32 Å². The molecule has 2 aliphatic rings. The first-order valence-corrected chi connectivity index (χ1v) is 4.26. The molecule has 0 radical (unpaired) electrons. The maximum Gasteiger partial charge on any atom is 0.0698 e. The van der Waals surface area contributed by atoms with E-state index in [9.17, 15) is 0 Å². The van der Waals surface area contributed by atoms with Gasteiger partial charge in [-0.2, -0.15) is 0 Å². The molecule has 1 nitrogen and oxygen atoms in total. The van der Waals surface area contributed by atoms with Gasteiger partial charge in [-0.1, -0.05) is 29.9 Å². The van der Waals surface area contributed by atoms with Gasteiger partial charge < -0.3 is 5.32 Å². The van der Waals surface area contributed by atoms with E-state index in [1.54, 1.807) is 0 Å². The van der Waals surface area contributed by atoms with Gasteiger partial charge in [0.15, 0.2) is 0 Å². The number of hydrogen-bond donors (Lipinski definition) is 1. The number of fused-ring (bicyclic) bond motifs is 1. The van der Waals surface area contributed by atoms with Crippen molar-refractivity contribution in [3.8, 4) is 0 Å². The van der Waals surface area contributed by atoms with Crippen LogP contribution in [0.2, 0.25) is 0 Å². The lowest BCUT2D eigenvalue weighted by molar-refractivity contribution is 0.780. The number of rotatable bonds is 0. The van der Waals surface area contributed by atoms with Crippen LogP contribution in [0.4, 0.5) is 0 Å². The number of allylic oxidation sites excluding steroid dienone is 4. The first-order valence-electron chi connectivity index (χ1n) is 4.26. The van der Waals surface area contributed by atoms with Gasteiger partial charge in [-0.3, -0.25) is 0 Å². The highest BCUT2D eigenvalue weighted by Crippen LogP contribution is 2.20. The van der Waals surface area contributed by atoms with Crippen molar-refractivity contribution >= 4 is 0 Å². The van der Waals surface area contributed by atoms with E-state index in [-0.39, 0.29) is 0 Å². The summed E-state index contributed by atoms with van der Waals surface area (Å²) >= 11 is 0. The van der Waals surface area contributed by atoms with Crippen molar-refractivity contribution < 1.29 is 0 Å².